The van der Waals surface area contributed by atoms with Crippen LogP contribution in [-0.4, -0.2) is 25.1 Å². The number of para-hydroxylation sites is 1. The van der Waals surface area contributed by atoms with Crippen molar-refractivity contribution in [2.45, 2.75) is 11.8 Å². The number of benzene rings is 2. The highest BCUT2D eigenvalue weighted by atomic mass is 32.2. The third kappa shape index (κ3) is 3.29. The Balaban J connectivity index is 1.73. The van der Waals surface area contributed by atoms with Crippen LogP contribution in [0.25, 0.3) is 22.6 Å². The van der Waals surface area contributed by atoms with E-state index < -0.39 is 15.7 Å². The van der Waals surface area contributed by atoms with E-state index in [9.17, 15) is 13.2 Å². The Morgan fingerprint density at radius 1 is 1.11 bits per heavy atom. The summed E-state index contributed by atoms with van der Waals surface area (Å²) in [4.78, 5) is 16.9. The summed E-state index contributed by atoms with van der Waals surface area (Å²) in [7, 11) is -3.34. The first-order valence-electron chi connectivity index (χ1n) is 8.55. The van der Waals surface area contributed by atoms with Gasteiger partial charge in [-0.3, -0.25) is 4.79 Å². The minimum absolute atomic E-state index is 0.00482. The molecule has 142 valence electrons. The Kier molecular flexibility index (Phi) is 4.48. The fourth-order valence-electron chi connectivity index (χ4n) is 2.75. The van der Waals surface area contributed by atoms with Crippen molar-refractivity contribution in [2.24, 2.45) is 0 Å². The second-order valence-corrected chi connectivity index (χ2v) is 8.31. The molecule has 0 spiro atoms. The lowest BCUT2D eigenvalue weighted by Crippen LogP contribution is -2.11. The molecular weight excluding hydrogens is 380 g/mol. The number of furan rings is 1. The molecule has 1 N–H and O–H groups in total. The lowest BCUT2D eigenvalue weighted by Gasteiger charge is -2.07. The van der Waals surface area contributed by atoms with E-state index in [1.54, 1.807) is 49.4 Å². The highest BCUT2D eigenvalue weighted by Crippen LogP contribution is 2.31. The Morgan fingerprint density at radius 2 is 1.93 bits per heavy atom. The number of hydrogen-bond donors (Lipinski definition) is 1. The number of nitrogens with one attached hydrogen (secondary N) is 1. The van der Waals surface area contributed by atoms with Crippen molar-refractivity contribution < 1.29 is 22.0 Å². The number of rotatable bonds is 5. The van der Waals surface area contributed by atoms with Crippen LogP contribution in [0, 0.1) is 0 Å². The molecule has 2 aromatic carbocycles. The first-order valence-corrected chi connectivity index (χ1v) is 10.2. The van der Waals surface area contributed by atoms with Crippen molar-refractivity contribution >= 4 is 32.5 Å². The first-order chi connectivity index (χ1) is 13.5. The number of amides is 1. The number of aromatic nitrogens is 1. The molecule has 0 aliphatic carbocycles. The number of anilines is 1. The Labute approximate surface area is 160 Å². The van der Waals surface area contributed by atoms with Crippen LogP contribution >= 0.6 is 0 Å². The minimum Gasteiger partial charge on any atom is -0.459 e. The van der Waals surface area contributed by atoms with Gasteiger partial charge in [0.25, 0.3) is 5.91 Å². The maximum absolute atomic E-state index is 12.3. The van der Waals surface area contributed by atoms with Crippen molar-refractivity contribution in [1.82, 2.24) is 4.98 Å². The molecule has 0 radical (unpaired) electrons. The van der Waals surface area contributed by atoms with Crippen LogP contribution in [0.15, 0.2) is 74.6 Å². The van der Waals surface area contributed by atoms with Gasteiger partial charge in [0.15, 0.2) is 21.2 Å². The molecule has 4 aromatic rings. The molecule has 0 saturated heterocycles. The average Bonchev–Trinajstić information content (AvgIpc) is 3.37. The number of hydrogen-bond acceptors (Lipinski definition) is 6. The van der Waals surface area contributed by atoms with Crippen molar-refractivity contribution in [3.8, 4) is 11.5 Å². The molecule has 7 nitrogen and oxygen atoms in total. The van der Waals surface area contributed by atoms with E-state index in [1.807, 2.05) is 0 Å². The van der Waals surface area contributed by atoms with Gasteiger partial charge in [0.05, 0.1) is 28.2 Å². The fraction of sp³-hybridized carbons (Fsp3) is 0.100. The molecule has 2 heterocycles. The van der Waals surface area contributed by atoms with Crippen molar-refractivity contribution in [2.75, 3.05) is 11.1 Å². The molecule has 8 heteroatoms. The zero-order chi connectivity index (χ0) is 19.7. The van der Waals surface area contributed by atoms with Gasteiger partial charge < -0.3 is 14.2 Å². The number of oxazole rings is 1. The number of carbonyl (C=O) groups excluding carboxylic acids is 1. The number of sulfone groups is 1. The zero-order valence-electron chi connectivity index (χ0n) is 14.9. The third-order valence-corrected chi connectivity index (χ3v) is 5.98. The van der Waals surface area contributed by atoms with Crippen LogP contribution in [0.4, 0.5) is 5.69 Å². The van der Waals surface area contributed by atoms with Crippen LogP contribution in [0.3, 0.4) is 0 Å². The largest absolute Gasteiger partial charge is 0.459 e. The van der Waals surface area contributed by atoms with Gasteiger partial charge in [-0.1, -0.05) is 19.1 Å². The Morgan fingerprint density at radius 3 is 2.68 bits per heavy atom. The molecule has 0 aliphatic rings. The van der Waals surface area contributed by atoms with Gasteiger partial charge in [0.2, 0.25) is 5.89 Å². The zero-order valence-corrected chi connectivity index (χ0v) is 15.7. The van der Waals surface area contributed by atoms with Gasteiger partial charge in [-0.05, 0) is 42.5 Å². The van der Waals surface area contributed by atoms with Crippen LogP contribution < -0.4 is 5.32 Å². The Hall–Kier alpha value is -3.39. The summed E-state index contributed by atoms with van der Waals surface area (Å²) in [5.41, 5.74) is 1.95. The maximum Gasteiger partial charge on any atom is 0.291 e. The average molecular weight is 396 g/mol. The molecule has 0 saturated carbocycles. The summed E-state index contributed by atoms with van der Waals surface area (Å²) in [5, 5.41) is 2.77. The third-order valence-electron chi connectivity index (χ3n) is 4.25. The molecule has 0 fully saturated rings. The second kappa shape index (κ2) is 6.97. The fourth-order valence-corrected chi connectivity index (χ4v) is 3.65. The topological polar surface area (TPSA) is 102 Å². The quantitative estimate of drug-likeness (QED) is 0.544. The second-order valence-electron chi connectivity index (χ2n) is 6.03. The number of carbonyl (C=O) groups is 1. The summed E-state index contributed by atoms with van der Waals surface area (Å²) in [6.45, 7) is 1.59. The molecule has 0 atom stereocenters. The standard InChI is InChI=1S/C20H16N2O5S/c1-2-28(24,25)13-9-10-17-16(12-13)22-20(27-17)14-6-3-4-7-15(14)21-19(23)18-8-5-11-26-18/h3-12H,2H2,1H3,(H,21,23). The summed E-state index contributed by atoms with van der Waals surface area (Å²) in [5.74, 6) is 0.0632. The Bertz CT molecular complexity index is 1260. The van der Waals surface area contributed by atoms with E-state index in [1.165, 1.54) is 18.4 Å². The highest BCUT2D eigenvalue weighted by molar-refractivity contribution is 7.91. The van der Waals surface area contributed by atoms with Gasteiger partial charge in [0.1, 0.15) is 5.52 Å². The predicted molar refractivity (Wildman–Crippen MR) is 104 cm³/mol. The van der Waals surface area contributed by atoms with Gasteiger partial charge >= 0.3 is 0 Å². The van der Waals surface area contributed by atoms with Crippen LogP contribution in [0.1, 0.15) is 17.5 Å². The first kappa shape index (κ1) is 18.0. The minimum atomic E-state index is -3.34. The monoisotopic (exact) mass is 396 g/mol. The predicted octanol–water partition coefficient (Wildman–Crippen LogP) is 4.13. The van der Waals surface area contributed by atoms with E-state index in [-0.39, 0.29) is 22.3 Å². The smallest absolute Gasteiger partial charge is 0.291 e. The lowest BCUT2D eigenvalue weighted by atomic mass is 10.1. The summed E-state index contributed by atoms with van der Waals surface area (Å²) >= 11 is 0. The molecular formula is C20H16N2O5S. The van der Waals surface area contributed by atoms with E-state index in [0.717, 1.165) is 0 Å². The molecule has 28 heavy (non-hydrogen) atoms. The van der Waals surface area contributed by atoms with Crippen LogP contribution in [-0.2, 0) is 9.84 Å². The van der Waals surface area contributed by atoms with Gasteiger partial charge in [0, 0.05) is 0 Å². The molecule has 0 bridgehead atoms. The van der Waals surface area contributed by atoms with Gasteiger partial charge in [-0.25, -0.2) is 13.4 Å². The highest BCUT2D eigenvalue weighted by Gasteiger charge is 2.18. The van der Waals surface area contributed by atoms with Crippen molar-refractivity contribution in [1.29, 1.82) is 0 Å². The molecule has 0 aliphatic heterocycles. The van der Waals surface area contributed by atoms with E-state index >= 15 is 0 Å². The SMILES string of the molecule is CCS(=O)(=O)c1ccc2oc(-c3ccccc3NC(=O)c3ccco3)nc2c1. The number of fused-ring (bicyclic) bond motifs is 1. The number of nitrogens with zero attached hydrogens (tertiary/aromatic N) is 1. The molecule has 2 aromatic heterocycles. The van der Waals surface area contributed by atoms with Crippen molar-refractivity contribution in [3.05, 3.63) is 66.6 Å². The summed E-state index contributed by atoms with van der Waals surface area (Å²) in [6, 6.07) is 14.8. The van der Waals surface area contributed by atoms with Crippen LogP contribution in [0.5, 0.6) is 0 Å². The maximum atomic E-state index is 12.3. The van der Waals surface area contributed by atoms with Crippen molar-refractivity contribution in [3.63, 3.8) is 0 Å². The summed E-state index contributed by atoms with van der Waals surface area (Å²) in [6.07, 6.45) is 1.42. The van der Waals surface area contributed by atoms with Crippen LogP contribution in [0.2, 0.25) is 0 Å². The van der Waals surface area contributed by atoms with E-state index in [4.69, 9.17) is 8.83 Å². The molecule has 0 unspecified atom stereocenters. The summed E-state index contributed by atoms with van der Waals surface area (Å²) < 4.78 is 35.1. The van der Waals surface area contributed by atoms with Gasteiger partial charge in [-0.2, -0.15) is 0 Å². The lowest BCUT2D eigenvalue weighted by molar-refractivity contribution is 0.0996. The normalized spacial score (nSPS) is 11.6. The van der Waals surface area contributed by atoms with Gasteiger partial charge in [-0.15, -0.1) is 0 Å². The van der Waals surface area contributed by atoms with E-state index in [0.29, 0.717) is 22.4 Å². The molecule has 1 amide bonds. The molecule has 4 rings (SSSR count). The van der Waals surface area contributed by atoms with E-state index in [2.05, 4.69) is 10.3 Å².